The van der Waals surface area contributed by atoms with Gasteiger partial charge in [-0.05, 0) is 25.1 Å². The third kappa shape index (κ3) is 2.18. The maximum Gasteiger partial charge on any atom is 0.340 e. The van der Waals surface area contributed by atoms with Gasteiger partial charge in [-0.15, -0.1) is 5.10 Å². The van der Waals surface area contributed by atoms with Gasteiger partial charge in [-0.3, -0.25) is 0 Å². The molecule has 0 saturated carbocycles. The predicted octanol–water partition coefficient (Wildman–Crippen LogP) is 1.57. The van der Waals surface area contributed by atoms with E-state index in [1.807, 2.05) is 24.3 Å². The Balaban J connectivity index is 2.15. The summed E-state index contributed by atoms with van der Waals surface area (Å²) in [5, 5.41) is 8.09. The van der Waals surface area contributed by atoms with Crippen LogP contribution in [0.2, 0.25) is 0 Å². The fraction of sp³-hybridized carbons (Fsp3) is 0.143. The fourth-order valence-electron chi connectivity index (χ4n) is 2.04. The van der Waals surface area contributed by atoms with E-state index < -0.39 is 5.97 Å². The summed E-state index contributed by atoms with van der Waals surface area (Å²) in [6.45, 7) is 2.02. The molecule has 21 heavy (non-hydrogen) atoms. The number of para-hydroxylation sites is 1. The molecule has 0 atom stereocenters. The molecule has 2 heterocycles. The minimum atomic E-state index is -0.483. The Hall–Kier alpha value is -2.96. The number of fused-ring (bicyclic) bond motifs is 1. The highest BCUT2D eigenvalue weighted by molar-refractivity contribution is 5.96. The molecule has 0 spiro atoms. The van der Waals surface area contributed by atoms with Crippen molar-refractivity contribution >= 4 is 22.7 Å². The molecule has 3 aromatic rings. The number of aromatic nitrogens is 4. The predicted molar refractivity (Wildman–Crippen MR) is 77.0 cm³/mol. The van der Waals surface area contributed by atoms with Crippen molar-refractivity contribution in [2.45, 2.75) is 6.92 Å². The van der Waals surface area contributed by atoms with E-state index in [-0.39, 0.29) is 17.9 Å². The first-order chi connectivity index (χ1) is 10.2. The van der Waals surface area contributed by atoms with E-state index in [9.17, 15) is 4.79 Å². The van der Waals surface area contributed by atoms with E-state index in [1.165, 1.54) is 16.9 Å². The highest BCUT2D eigenvalue weighted by Gasteiger charge is 2.17. The first-order valence-electron chi connectivity index (χ1n) is 6.44. The normalized spacial score (nSPS) is 10.7. The molecule has 0 aliphatic carbocycles. The van der Waals surface area contributed by atoms with Gasteiger partial charge in [0.05, 0.1) is 23.4 Å². The number of rotatable bonds is 3. The summed E-state index contributed by atoms with van der Waals surface area (Å²) in [7, 11) is 0. The number of pyridine rings is 1. The smallest absolute Gasteiger partial charge is 0.340 e. The van der Waals surface area contributed by atoms with E-state index in [2.05, 4.69) is 15.3 Å². The number of carbonyl (C=O) groups excluding carboxylic acids is 1. The maximum absolute atomic E-state index is 11.9. The van der Waals surface area contributed by atoms with Crippen LogP contribution in [0.15, 0.2) is 36.5 Å². The van der Waals surface area contributed by atoms with Crippen LogP contribution in [0.3, 0.4) is 0 Å². The zero-order valence-electron chi connectivity index (χ0n) is 11.4. The quantitative estimate of drug-likeness (QED) is 0.733. The van der Waals surface area contributed by atoms with Crippen molar-refractivity contribution < 1.29 is 9.53 Å². The van der Waals surface area contributed by atoms with Gasteiger partial charge in [-0.1, -0.05) is 17.3 Å². The Bertz CT molecular complexity index is 812. The molecule has 2 aromatic heterocycles. The van der Waals surface area contributed by atoms with Crippen molar-refractivity contribution in [3.8, 4) is 5.82 Å². The molecule has 7 heteroatoms. The number of hydrogen-bond acceptors (Lipinski definition) is 6. The van der Waals surface area contributed by atoms with Gasteiger partial charge >= 0.3 is 5.97 Å². The standard InChI is InChI=1S/C14H13N5O2/c1-2-21-14(20)9-7-8-16-13(12(9)15)19-11-6-4-3-5-10(11)17-18-19/h3-8H,2,15H2,1H3. The molecule has 0 bridgehead atoms. The average molecular weight is 283 g/mol. The number of nitrogen functional groups attached to an aromatic ring is 1. The second-order valence-electron chi connectivity index (χ2n) is 4.31. The van der Waals surface area contributed by atoms with E-state index >= 15 is 0 Å². The van der Waals surface area contributed by atoms with Crippen LogP contribution in [0.4, 0.5) is 5.69 Å². The lowest BCUT2D eigenvalue weighted by Gasteiger charge is -2.09. The molecule has 1 aromatic carbocycles. The van der Waals surface area contributed by atoms with Gasteiger partial charge in [0.1, 0.15) is 5.52 Å². The Morgan fingerprint density at radius 1 is 1.33 bits per heavy atom. The lowest BCUT2D eigenvalue weighted by molar-refractivity contribution is 0.0527. The zero-order chi connectivity index (χ0) is 14.8. The van der Waals surface area contributed by atoms with E-state index in [0.29, 0.717) is 5.82 Å². The van der Waals surface area contributed by atoms with Gasteiger partial charge in [-0.25, -0.2) is 9.78 Å². The molecule has 2 N–H and O–H groups in total. The maximum atomic E-state index is 11.9. The van der Waals surface area contributed by atoms with Crippen LogP contribution in [0.25, 0.3) is 16.9 Å². The summed E-state index contributed by atoms with van der Waals surface area (Å²) in [6, 6.07) is 8.95. The monoisotopic (exact) mass is 283 g/mol. The Morgan fingerprint density at radius 2 is 2.14 bits per heavy atom. The molecule has 106 valence electrons. The summed E-state index contributed by atoms with van der Waals surface area (Å²) < 4.78 is 6.48. The number of benzene rings is 1. The lowest BCUT2D eigenvalue weighted by Crippen LogP contribution is -2.12. The Kier molecular flexibility index (Phi) is 3.23. The van der Waals surface area contributed by atoms with Gasteiger partial charge in [0.25, 0.3) is 0 Å². The van der Waals surface area contributed by atoms with Gasteiger partial charge in [0.15, 0.2) is 5.82 Å². The van der Waals surface area contributed by atoms with Crippen LogP contribution < -0.4 is 5.73 Å². The lowest BCUT2D eigenvalue weighted by atomic mass is 10.2. The zero-order valence-corrected chi connectivity index (χ0v) is 11.4. The van der Waals surface area contributed by atoms with E-state index in [0.717, 1.165) is 11.0 Å². The Morgan fingerprint density at radius 3 is 2.95 bits per heavy atom. The first-order valence-corrected chi connectivity index (χ1v) is 6.44. The fourth-order valence-corrected chi connectivity index (χ4v) is 2.04. The highest BCUT2D eigenvalue weighted by Crippen LogP contribution is 2.22. The van der Waals surface area contributed by atoms with Gasteiger partial charge in [0, 0.05) is 6.20 Å². The van der Waals surface area contributed by atoms with Crippen molar-refractivity contribution in [3.63, 3.8) is 0 Å². The second kappa shape index (κ2) is 5.20. The minimum Gasteiger partial charge on any atom is -0.462 e. The average Bonchev–Trinajstić information content (AvgIpc) is 2.91. The van der Waals surface area contributed by atoms with Crippen molar-refractivity contribution in [2.24, 2.45) is 0 Å². The third-order valence-electron chi connectivity index (χ3n) is 3.02. The van der Waals surface area contributed by atoms with Crippen molar-refractivity contribution in [1.29, 1.82) is 0 Å². The SMILES string of the molecule is CCOC(=O)c1ccnc(-n2nnc3ccccc32)c1N. The number of nitrogens with two attached hydrogens (primary N) is 1. The number of ether oxygens (including phenoxy) is 1. The first kappa shape index (κ1) is 13.0. The van der Waals surface area contributed by atoms with E-state index in [1.54, 1.807) is 6.92 Å². The van der Waals surface area contributed by atoms with Crippen LogP contribution >= 0.6 is 0 Å². The molecule has 0 unspecified atom stereocenters. The Labute approximate surface area is 120 Å². The third-order valence-corrected chi connectivity index (χ3v) is 3.02. The molecule has 0 aliphatic rings. The van der Waals surface area contributed by atoms with E-state index in [4.69, 9.17) is 10.5 Å². The molecular formula is C14H13N5O2. The summed E-state index contributed by atoms with van der Waals surface area (Å²) in [5.74, 6) is -0.127. The summed E-state index contributed by atoms with van der Waals surface area (Å²) in [5.41, 5.74) is 8.01. The summed E-state index contributed by atoms with van der Waals surface area (Å²) in [6.07, 6.45) is 1.49. The molecule has 0 amide bonds. The molecule has 3 rings (SSSR count). The van der Waals surface area contributed by atoms with Crippen LogP contribution in [0.1, 0.15) is 17.3 Å². The van der Waals surface area contributed by atoms with Crippen molar-refractivity contribution in [3.05, 3.63) is 42.1 Å². The molecule has 0 aliphatic heterocycles. The van der Waals surface area contributed by atoms with Crippen LogP contribution in [0, 0.1) is 0 Å². The molecule has 7 nitrogen and oxygen atoms in total. The summed E-state index contributed by atoms with van der Waals surface area (Å²) in [4.78, 5) is 16.1. The minimum absolute atomic E-state index is 0.214. The van der Waals surface area contributed by atoms with Gasteiger partial charge in [-0.2, -0.15) is 4.68 Å². The summed E-state index contributed by atoms with van der Waals surface area (Å²) >= 11 is 0. The number of hydrogen-bond donors (Lipinski definition) is 1. The molecule has 0 radical (unpaired) electrons. The molecule has 0 saturated heterocycles. The largest absolute Gasteiger partial charge is 0.462 e. The van der Waals surface area contributed by atoms with Crippen LogP contribution in [-0.4, -0.2) is 32.6 Å². The van der Waals surface area contributed by atoms with Crippen molar-refractivity contribution in [1.82, 2.24) is 20.0 Å². The molecule has 0 fully saturated rings. The van der Waals surface area contributed by atoms with Gasteiger partial charge < -0.3 is 10.5 Å². The second-order valence-corrected chi connectivity index (χ2v) is 4.31. The molecular weight excluding hydrogens is 270 g/mol. The number of carbonyl (C=O) groups is 1. The number of nitrogens with zero attached hydrogens (tertiary/aromatic N) is 4. The van der Waals surface area contributed by atoms with Crippen LogP contribution in [-0.2, 0) is 4.74 Å². The van der Waals surface area contributed by atoms with Gasteiger partial charge in [0.2, 0.25) is 0 Å². The topological polar surface area (TPSA) is 95.9 Å². The number of esters is 1. The van der Waals surface area contributed by atoms with Crippen molar-refractivity contribution in [2.75, 3.05) is 12.3 Å². The highest BCUT2D eigenvalue weighted by atomic mass is 16.5. The van der Waals surface area contributed by atoms with Crippen LogP contribution in [0.5, 0.6) is 0 Å². The number of anilines is 1.